The first-order valence-corrected chi connectivity index (χ1v) is 9.36. The molecule has 20 heavy (non-hydrogen) atoms. The molecule has 0 amide bonds. The summed E-state index contributed by atoms with van der Waals surface area (Å²) in [6, 6.07) is 0. The Morgan fingerprint density at radius 3 is 2.60 bits per heavy atom. The van der Waals surface area contributed by atoms with Gasteiger partial charge in [-0.05, 0) is 36.8 Å². The highest BCUT2D eigenvalue weighted by Gasteiger charge is 2.27. The molecular formula is C14H26N2O2S2. The Bertz CT molecular complexity index is 521. The molecule has 0 aromatic carbocycles. The van der Waals surface area contributed by atoms with E-state index in [1.807, 2.05) is 26.2 Å². The topological polar surface area (TPSA) is 49.4 Å². The van der Waals surface area contributed by atoms with E-state index in [0.29, 0.717) is 23.9 Å². The van der Waals surface area contributed by atoms with E-state index in [2.05, 4.69) is 12.2 Å². The van der Waals surface area contributed by atoms with Gasteiger partial charge in [0.05, 0.1) is 0 Å². The third-order valence-electron chi connectivity index (χ3n) is 2.99. The SMILES string of the molecule is CCCNCc1scc(C)c1S(=O)(=O)N(C)CC(C)C. The molecular weight excluding hydrogens is 292 g/mol. The van der Waals surface area contributed by atoms with Crippen LogP contribution in [0.25, 0.3) is 0 Å². The summed E-state index contributed by atoms with van der Waals surface area (Å²) in [6.07, 6.45) is 1.04. The van der Waals surface area contributed by atoms with E-state index in [1.165, 1.54) is 15.6 Å². The molecule has 0 atom stereocenters. The summed E-state index contributed by atoms with van der Waals surface area (Å²) in [5, 5.41) is 5.21. The van der Waals surface area contributed by atoms with E-state index in [4.69, 9.17) is 0 Å². The number of hydrogen-bond acceptors (Lipinski definition) is 4. The molecule has 1 rings (SSSR count). The zero-order valence-electron chi connectivity index (χ0n) is 13.1. The summed E-state index contributed by atoms with van der Waals surface area (Å²) in [5.74, 6) is 0.315. The predicted octanol–water partition coefficient (Wildman–Crippen LogP) is 2.83. The summed E-state index contributed by atoms with van der Waals surface area (Å²) >= 11 is 1.52. The number of aryl methyl sites for hydroxylation is 1. The van der Waals surface area contributed by atoms with Crippen LogP contribution in [-0.4, -0.2) is 32.9 Å². The highest BCUT2D eigenvalue weighted by molar-refractivity contribution is 7.89. The van der Waals surface area contributed by atoms with Gasteiger partial charge in [-0.15, -0.1) is 11.3 Å². The molecule has 0 bridgehead atoms. The lowest BCUT2D eigenvalue weighted by molar-refractivity contribution is 0.416. The second-order valence-electron chi connectivity index (χ2n) is 5.53. The van der Waals surface area contributed by atoms with Gasteiger partial charge >= 0.3 is 0 Å². The molecule has 0 aliphatic rings. The van der Waals surface area contributed by atoms with Crippen molar-refractivity contribution in [3.8, 4) is 0 Å². The maximum atomic E-state index is 12.7. The van der Waals surface area contributed by atoms with Crippen LogP contribution in [0, 0.1) is 12.8 Å². The van der Waals surface area contributed by atoms with E-state index < -0.39 is 10.0 Å². The van der Waals surface area contributed by atoms with Crippen molar-refractivity contribution in [1.29, 1.82) is 0 Å². The van der Waals surface area contributed by atoms with Crippen LogP contribution in [0.1, 0.15) is 37.6 Å². The highest BCUT2D eigenvalue weighted by Crippen LogP contribution is 2.29. The van der Waals surface area contributed by atoms with Crippen molar-refractivity contribution in [1.82, 2.24) is 9.62 Å². The van der Waals surface area contributed by atoms with Crippen LogP contribution in [0.15, 0.2) is 10.3 Å². The highest BCUT2D eigenvalue weighted by atomic mass is 32.2. The Morgan fingerprint density at radius 1 is 1.40 bits per heavy atom. The second-order valence-corrected chi connectivity index (χ2v) is 8.47. The molecule has 0 spiro atoms. The monoisotopic (exact) mass is 318 g/mol. The van der Waals surface area contributed by atoms with Gasteiger partial charge in [0.15, 0.2) is 0 Å². The van der Waals surface area contributed by atoms with E-state index in [1.54, 1.807) is 7.05 Å². The van der Waals surface area contributed by atoms with Crippen molar-refractivity contribution < 1.29 is 8.42 Å². The van der Waals surface area contributed by atoms with Gasteiger partial charge in [0.1, 0.15) is 4.90 Å². The molecule has 4 nitrogen and oxygen atoms in total. The van der Waals surface area contributed by atoms with E-state index in [-0.39, 0.29) is 0 Å². The van der Waals surface area contributed by atoms with Crippen LogP contribution >= 0.6 is 11.3 Å². The fourth-order valence-corrected chi connectivity index (χ4v) is 5.16. The van der Waals surface area contributed by atoms with Gasteiger partial charge in [0.25, 0.3) is 0 Å². The number of nitrogens with one attached hydrogen (secondary N) is 1. The molecule has 0 saturated carbocycles. The minimum atomic E-state index is -3.39. The van der Waals surface area contributed by atoms with Gasteiger partial charge in [-0.25, -0.2) is 12.7 Å². The Morgan fingerprint density at radius 2 is 2.05 bits per heavy atom. The van der Waals surface area contributed by atoms with Crippen molar-refractivity contribution >= 4 is 21.4 Å². The Balaban J connectivity index is 3.01. The second kappa shape index (κ2) is 7.54. The van der Waals surface area contributed by atoms with Gasteiger partial charge < -0.3 is 5.32 Å². The fourth-order valence-electron chi connectivity index (χ4n) is 2.10. The molecule has 0 unspecified atom stereocenters. The molecule has 0 saturated heterocycles. The lowest BCUT2D eigenvalue weighted by atomic mass is 10.2. The van der Waals surface area contributed by atoms with Crippen molar-refractivity contribution in [2.24, 2.45) is 5.92 Å². The maximum absolute atomic E-state index is 12.7. The van der Waals surface area contributed by atoms with Gasteiger partial charge in [0, 0.05) is 25.0 Å². The molecule has 1 heterocycles. The van der Waals surface area contributed by atoms with E-state index in [9.17, 15) is 8.42 Å². The normalized spacial score (nSPS) is 12.6. The standard InChI is InChI=1S/C14H26N2O2S2/c1-6-7-15-8-13-14(12(4)10-19-13)20(17,18)16(5)9-11(2)3/h10-11,15H,6-9H2,1-5H3. The largest absolute Gasteiger partial charge is 0.312 e. The van der Waals surface area contributed by atoms with Crippen LogP contribution in [0.5, 0.6) is 0 Å². The van der Waals surface area contributed by atoms with Gasteiger partial charge in [0.2, 0.25) is 10.0 Å². The lowest BCUT2D eigenvalue weighted by Gasteiger charge is -2.20. The first kappa shape index (κ1) is 17.6. The summed E-state index contributed by atoms with van der Waals surface area (Å²) in [4.78, 5) is 1.40. The quantitative estimate of drug-likeness (QED) is 0.750. The van der Waals surface area contributed by atoms with Crippen LogP contribution < -0.4 is 5.32 Å². The van der Waals surface area contributed by atoms with Crippen molar-refractivity contribution in [3.63, 3.8) is 0 Å². The van der Waals surface area contributed by atoms with Crippen molar-refractivity contribution in [2.45, 2.75) is 45.6 Å². The van der Waals surface area contributed by atoms with Crippen molar-refractivity contribution in [3.05, 3.63) is 15.8 Å². The molecule has 116 valence electrons. The average molecular weight is 319 g/mol. The van der Waals surface area contributed by atoms with Crippen molar-refractivity contribution in [2.75, 3.05) is 20.1 Å². The molecule has 0 radical (unpaired) electrons. The molecule has 6 heteroatoms. The van der Waals surface area contributed by atoms with Gasteiger partial charge in [-0.3, -0.25) is 0 Å². The third-order valence-corrected chi connectivity index (χ3v) is 6.28. The Hall–Kier alpha value is -0.430. The number of thiophene rings is 1. The molecule has 1 N–H and O–H groups in total. The maximum Gasteiger partial charge on any atom is 0.244 e. The summed E-state index contributed by atoms with van der Waals surface area (Å²) < 4.78 is 26.9. The lowest BCUT2D eigenvalue weighted by Crippen LogP contribution is -2.31. The molecule has 1 aromatic rings. The van der Waals surface area contributed by atoms with E-state index in [0.717, 1.165) is 23.4 Å². The molecule has 0 aliphatic carbocycles. The summed E-state index contributed by atoms with van der Waals surface area (Å²) in [6.45, 7) is 10.1. The third kappa shape index (κ3) is 4.28. The minimum absolute atomic E-state index is 0.315. The van der Waals surface area contributed by atoms with Crippen LogP contribution in [0.2, 0.25) is 0 Å². The van der Waals surface area contributed by atoms with Gasteiger partial charge in [-0.2, -0.15) is 0 Å². The number of sulfonamides is 1. The number of hydrogen-bond donors (Lipinski definition) is 1. The van der Waals surface area contributed by atoms with Crippen LogP contribution in [0.4, 0.5) is 0 Å². The Labute approximate surface area is 127 Å². The number of rotatable bonds is 8. The van der Waals surface area contributed by atoms with Crippen LogP contribution in [0.3, 0.4) is 0 Å². The molecule has 0 fully saturated rings. The van der Waals surface area contributed by atoms with Gasteiger partial charge in [-0.1, -0.05) is 20.8 Å². The average Bonchev–Trinajstić information content (AvgIpc) is 2.70. The smallest absolute Gasteiger partial charge is 0.244 e. The van der Waals surface area contributed by atoms with Crippen LogP contribution in [-0.2, 0) is 16.6 Å². The first-order valence-electron chi connectivity index (χ1n) is 7.04. The first-order chi connectivity index (χ1) is 9.30. The molecule has 0 aliphatic heterocycles. The summed E-state index contributed by atoms with van der Waals surface area (Å²) in [7, 11) is -1.72. The zero-order valence-corrected chi connectivity index (χ0v) is 14.7. The molecule has 1 aromatic heterocycles. The number of nitrogens with zero attached hydrogens (tertiary/aromatic N) is 1. The summed E-state index contributed by atoms with van der Waals surface area (Å²) in [5.41, 5.74) is 0.846. The zero-order chi connectivity index (χ0) is 15.3. The predicted molar refractivity (Wildman–Crippen MR) is 85.7 cm³/mol. The Kier molecular flexibility index (Phi) is 6.64. The van der Waals surface area contributed by atoms with E-state index >= 15 is 0 Å². The fraction of sp³-hybridized carbons (Fsp3) is 0.714. The minimum Gasteiger partial charge on any atom is -0.312 e.